The van der Waals surface area contributed by atoms with E-state index in [0.717, 1.165) is 11.1 Å². The fourth-order valence-corrected chi connectivity index (χ4v) is 1.41. The van der Waals surface area contributed by atoms with Crippen LogP contribution in [0.15, 0.2) is 12.1 Å². The van der Waals surface area contributed by atoms with Gasteiger partial charge in [-0.15, -0.1) is 0 Å². The summed E-state index contributed by atoms with van der Waals surface area (Å²) in [6, 6.07) is 2.41. The van der Waals surface area contributed by atoms with Gasteiger partial charge in [0.15, 0.2) is 11.6 Å². The zero-order chi connectivity index (χ0) is 8.72. The minimum atomic E-state index is -0.800. The van der Waals surface area contributed by atoms with Gasteiger partial charge in [0.1, 0.15) is 0 Å². The standard InChI is InChI=1S/C9H8F2O/c1-5-7-3-9(11)8(10)2-6(7)4-12-5/h2-3,5H,4H2,1H3. The fourth-order valence-electron chi connectivity index (χ4n) is 1.41. The Balaban J connectivity index is 2.56. The molecule has 1 nitrogen and oxygen atoms in total. The van der Waals surface area contributed by atoms with E-state index < -0.39 is 11.6 Å². The Labute approximate surface area is 69.0 Å². The van der Waals surface area contributed by atoms with Crippen LogP contribution in [0.1, 0.15) is 24.2 Å². The van der Waals surface area contributed by atoms with E-state index >= 15 is 0 Å². The van der Waals surface area contributed by atoms with Crippen LogP contribution in [-0.4, -0.2) is 0 Å². The van der Waals surface area contributed by atoms with Crippen molar-refractivity contribution in [1.29, 1.82) is 0 Å². The molecule has 0 saturated heterocycles. The molecule has 64 valence electrons. The second-order valence-corrected chi connectivity index (χ2v) is 2.92. The van der Waals surface area contributed by atoms with Crippen LogP contribution in [0.2, 0.25) is 0 Å². The summed E-state index contributed by atoms with van der Waals surface area (Å²) in [6.07, 6.45) is -0.116. The Hall–Kier alpha value is -0.960. The molecule has 0 amide bonds. The summed E-state index contributed by atoms with van der Waals surface area (Å²) in [4.78, 5) is 0. The average molecular weight is 170 g/mol. The van der Waals surface area contributed by atoms with Crippen LogP contribution in [0.3, 0.4) is 0 Å². The highest BCUT2D eigenvalue weighted by Gasteiger charge is 2.21. The summed E-state index contributed by atoms with van der Waals surface area (Å²) >= 11 is 0. The van der Waals surface area contributed by atoms with E-state index in [2.05, 4.69) is 0 Å². The quantitative estimate of drug-likeness (QED) is 0.581. The molecular weight excluding hydrogens is 162 g/mol. The van der Waals surface area contributed by atoms with Gasteiger partial charge in [-0.25, -0.2) is 8.78 Å². The minimum absolute atomic E-state index is 0.116. The topological polar surface area (TPSA) is 9.23 Å². The van der Waals surface area contributed by atoms with Gasteiger partial charge in [0.2, 0.25) is 0 Å². The number of hydrogen-bond donors (Lipinski definition) is 0. The molecule has 0 saturated carbocycles. The molecule has 0 radical (unpaired) electrons. The molecular formula is C9H8F2O. The summed E-state index contributed by atoms with van der Waals surface area (Å²) in [6.45, 7) is 2.21. The number of fused-ring (bicyclic) bond motifs is 1. The second kappa shape index (κ2) is 2.52. The third kappa shape index (κ3) is 1.01. The molecule has 0 spiro atoms. The van der Waals surface area contributed by atoms with Crippen LogP contribution in [0.4, 0.5) is 8.78 Å². The van der Waals surface area contributed by atoms with E-state index in [4.69, 9.17) is 4.74 Å². The first-order valence-corrected chi connectivity index (χ1v) is 3.78. The molecule has 0 aliphatic carbocycles. The van der Waals surface area contributed by atoms with Gasteiger partial charge in [-0.2, -0.15) is 0 Å². The number of halogens is 2. The normalized spacial score (nSPS) is 21.1. The van der Waals surface area contributed by atoms with Crippen molar-refractivity contribution in [3.63, 3.8) is 0 Å². The predicted molar refractivity (Wildman–Crippen MR) is 39.6 cm³/mol. The number of hydrogen-bond acceptors (Lipinski definition) is 1. The van der Waals surface area contributed by atoms with Crippen molar-refractivity contribution in [2.45, 2.75) is 19.6 Å². The highest BCUT2D eigenvalue weighted by atomic mass is 19.2. The maximum absolute atomic E-state index is 12.7. The van der Waals surface area contributed by atoms with Gasteiger partial charge in [0, 0.05) is 0 Å². The fraction of sp³-hybridized carbons (Fsp3) is 0.333. The lowest BCUT2D eigenvalue weighted by molar-refractivity contribution is 0.0795. The van der Waals surface area contributed by atoms with Gasteiger partial charge >= 0.3 is 0 Å². The summed E-state index contributed by atoms with van der Waals surface area (Å²) < 4.78 is 30.6. The first-order valence-electron chi connectivity index (χ1n) is 3.78. The van der Waals surface area contributed by atoms with Crippen LogP contribution in [0, 0.1) is 11.6 Å². The highest BCUT2D eigenvalue weighted by Crippen LogP contribution is 2.31. The minimum Gasteiger partial charge on any atom is -0.369 e. The number of ether oxygens (including phenoxy) is 1. The first-order chi connectivity index (χ1) is 5.68. The molecule has 1 atom stereocenters. The molecule has 1 heterocycles. The van der Waals surface area contributed by atoms with E-state index in [-0.39, 0.29) is 6.10 Å². The maximum atomic E-state index is 12.7. The lowest BCUT2D eigenvalue weighted by Crippen LogP contribution is -1.92. The van der Waals surface area contributed by atoms with E-state index in [0.29, 0.717) is 6.61 Å². The van der Waals surface area contributed by atoms with E-state index in [1.165, 1.54) is 12.1 Å². The summed E-state index contributed by atoms with van der Waals surface area (Å²) in [5.41, 5.74) is 1.51. The van der Waals surface area contributed by atoms with E-state index in [9.17, 15) is 8.78 Å². The summed E-state index contributed by atoms with van der Waals surface area (Å²) in [5, 5.41) is 0. The van der Waals surface area contributed by atoms with Gasteiger partial charge in [-0.05, 0) is 30.2 Å². The first kappa shape index (κ1) is 7.68. The lowest BCUT2D eigenvalue weighted by Gasteiger charge is -2.02. The average Bonchev–Trinajstić information content (AvgIpc) is 2.35. The van der Waals surface area contributed by atoms with Crippen LogP contribution in [-0.2, 0) is 11.3 Å². The Kier molecular flexibility index (Phi) is 1.61. The monoisotopic (exact) mass is 170 g/mol. The predicted octanol–water partition coefficient (Wildman–Crippen LogP) is 2.56. The SMILES string of the molecule is CC1OCc2cc(F)c(F)cc21. The zero-order valence-corrected chi connectivity index (χ0v) is 6.60. The molecule has 2 rings (SSSR count). The van der Waals surface area contributed by atoms with E-state index in [1.54, 1.807) is 0 Å². The number of benzene rings is 1. The van der Waals surface area contributed by atoms with Crippen LogP contribution in [0.25, 0.3) is 0 Å². The lowest BCUT2D eigenvalue weighted by atomic mass is 10.1. The van der Waals surface area contributed by atoms with Gasteiger partial charge in [0.05, 0.1) is 12.7 Å². The maximum Gasteiger partial charge on any atom is 0.159 e. The third-order valence-electron chi connectivity index (χ3n) is 2.11. The summed E-state index contributed by atoms with van der Waals surface area (Å²) in [7, 11) is 0. The molecule has 3 heteroatoms. The Bertz CT molecular complexity index is 323. The smallest absolute Gasteiger partial charge is 0.159 e. The van der Waals surface area contributed by atoms with E-state index in [1.807, 2.05) is 6.92 Å². The molecule has 0 aromatic heterocycles. The second-order valence-electron chi connectivity index (χ2n) is 2.92. The Morgan fingerprint density at radius 1 is 1.33 bits per heavy atom. The molecule has 0 fully saturated rings. The van der Waals surface area contributed by atoms with Crippen LogP contribution >= 0.6 is 0 Å². The van der Waals surface area contributed by atoms with Crippen molar-refractivity contribution < 1.29 is 13.5 Å². The Morgan fingerprint density at radius 3 is 2.75 bits per heavy atom. The van der Waals surface area contributed by atoms with Gasteiger partial charge in [0.25, 0.3) is 0 Å². The third-order valence-corrected chi connectivity index (χ3v) is 2.11. The molecule has 0 N–H and O–H groups in total. The van der Waals surface area contributed by atoms with Crippen molar-refractivity contribution in [3.8, 4) is 0 Å². The number of rotatable bonds is 0. The molecule has 1 aromatic carbocycles. The largest absolute Gasteiger partial charge is 0.369 e. The van der Waals surface area contributed by atoms with Crippen molar-refractivity contribution in [3.05, 3.63) is 34.9 Å². The zero-order valence-electron chi connectivity index (χ0n) is 6.60. The highest BCUT2D eigenvalue weighted by molar-refractivity contribution is 5.32. The van der Waals surface area contributed by atoms with Crippen molar-refractivity contribution >= 4 is 0 Å². The van der Waals surface area contributed by atoms with Crippen molar-refractivity contribution in [2.24, 2.45) is 0 Å². The van der Waals surface area contributed by atoms with Crippen molar-refractivity contribution in [2.75, 3.05) is 0 Å². The van der Waals surface area contributed by atoms with Gasteiger partial charge in [-0.1, -0.05) is 0 Å². The molecule has 1 unspecified atom stereocenters. The van der Waals surface area contributed by atoms with Crippen LogP contribution < -0.4 is 0 Å². The Morgan fingerprint density at radius 2 is 2.00 bits per heavy atom. The summed E-state index contributed by atoms with van der Waals surface area (Å²) in [5.74, 6) is -1.60. The molecule has 0 bridgehead atoms. The van der Waals surface area contributed by atoms with Crippen LogP contribution in [0.5, 0.6) is 0 Å². The van der Waals surface area contributed by atoms with Gasteiger partial charge in [-0.3, -0.25) is 0 Å². The molecule has 12 heavy (non-hydrogen) atoms. The molecule has 1 aliphatic rings. The van der Waals surface area contributed by atoms with Gasteiger partial charge < -0.3 is 4.74 Å². The molecule has 1 aromatic rings. The molecule has 1 aliphatic heterocycles. The van der Waals surface area contributed by atoms with Crippen molar-refractivity contribution in [1.82, 2.24) is 0 Å².